The summed E-state index contributed by atoms with van der Waals surface area (Å²) in [6, 6.07) is 0. The van der Waals surface area contributed by atoms with Crippen molar-refractivity contribution in [3.05, 3.63) is 30.2 Å². The second kappa shape index (κ2) is 7.79. The number of nitrogens with one attached hydrogen (secondary N) is 1. The van der Waals surface area contributed by atoms with Crippen molar-refractivity contribution in [1.82, 2.24) is 15.3 Å². The lowest BCUT2D eigenvalue weighted by Gasteiger charge is -2.07. The highest BCUT2D eigenvalue weighted by Gasteiger charge is 1.98. The maximum atomic E-state index is 5.36. The molecular weight excluding hydrogens is 214 g/mol. The highest BCUT2D eigenvalue weighted by Crippen LogP contribution is 2.04. The molecule has 0 saturated carbocycles. The summed E-state index contributed by atoms with van der Waals surface area (Å²) in [5, 5.41) is 3.32. The fourth-order valence-corrected chi connectivity index (χ4v) is 1.23. The van der Waals surface area contributed by atoms with Crippen LogP contribution in [0.15, 0.2) is 24.5 Å². The highest BCUT2D eigenvalue weighted by molar-refractivity contribution is 5.07. The zero-order chi connectivity index (χ0) is 12.5. The monoisotopic (exact) mass is 235 g/mol. The van der Waals surface area contributed by atoms with Crippen LogP contribution in [0.1, 0.15) is 26.5 Å². The summed E-state index contributed by atoms with van der Waals surface area (Å²) in [7, 11) is 0. The number of hydrogen-bond donors (Lipinski definition) is 1. The topological polar surface area (TPSA) is 47.0 Å². The van der Waals surface area contributed by atoms with Crippen LogP contribution in [0.4, 0.5) is 0 Å². The van der Waals surface area contributed by atoms with E-state index in [0.717, 1.165) is 18.8 Å². The number of hydrogen-bond acceptors (Lipinski definition) is 4. The van der Waals surface area contributed by atoms with Crippen LogP contribution in [-0.4, -0.2) is 23.1 Å². The maximum Gasteiger partial charge on any atom is 0.232 e. The first-order valence-electron chi connectivity index (χ1n) is 5.98. The lowest BCUT2D eigenvalue weighted by Crippen LogP contribution is -2.19. The first-order chi connectivity index (χ1) is 8.22. The fraction of sp³-hybridized carbons (Fsp3) is 0.538. The Bertz CT molecular complexity index is 333. The van der Waals surface area contributed by atoms with Gasteiger partial charge in [-0.15, -0.1) is 0 Å². The molecule has 0 aliphatic carbocycles. The summed E-state index contributed by atoms with van der Waals surface area (Å²) in [4.78, 5) is 8.47. The predicted octanol–water partition coefficient (Wildman–Crippen LogP) is 2.18. The smallest absolute Gasteiger partial charge is 0.232 e. The molecule has 4 heteroatoms. The van der Waals surface area contributed by atoms with Gasteiger partial charge in [-0.05, 0) is 19.4 Å². The molecule has 0 amide bonds. The Hall–Kier alpha value is -1.42. The molecule has 0 fully saturated rings. The molecule has 0 bridgehead atoms. The number of ether oxygens (including phenoxy) is 1. The van der Waals surface area contributed by atoms with Gasteiger partial charge in [-0.2, -0.15) is 0 Å². The van der Waals surface area contributed by atoms with E-state index in [9.17, 15) is 0 Å². The Morgan fingerprint density at radius 3 is 2.76 bits per heavy atom. The molecule has 1 rings (SSSR count). The van der Waals surface area contributed by atoms with Crippen LogP contribution in [0, 0.1) is 5.92 Å². The molecule has 0 spiro atoms. The van der Waals surface area contributed by atoms with E-state index < -0.39 is 0 Å². The largest absolute Gasteiger partial charge is 0.472 e. The zero-order valence-corrected chi connectivity index (χ0v) is 10.8. The van der Waals surface area contributed by atoms with E-state index in [1.54, 1.807) is 12.4 Å². The van der Waals surface area contributed by atoms with E-state index in [2.05, 4.69) is 29.1 Å². The van der Waals surface area contributed by atoms with Crippen molar-refractivity contribution < 1.29 is 4.74 Å². The number of rotatable bonds is 7. The van der Waals surface area contributed by atoms with Gasteiger partial charge in [-0.1, -0.05) is 26.0 Å². The lowest BCUT2D eigenvalue weighted by molar-refractivity contribution is 0.346. The molecule has 0 aliphatic rings. The number of aromatic nitrogens is 2. The first-order valence-corrected chi connectivity index (χ1v) is 5.98. The van der Waals surface area contributed by atoms with Crippen molar-refractivity contribution in [2.75, 3.05) is 13.2 Å². The molecule has 1 heterocycles. The Labute approximate surface area is 103 Å². The minimum Gasteiger partial charge on any atom is -0.472 e. The van der Waals surface area contributed by atoms with Crippen LogP contribution < -0.4 is 10.1 Å². The third-order valence-electron chi connectivity index (χ3n) is 2.10. The zero-order valence-electron chi connectivity index (χ0n) is 10.8. The molecule has 0 atom stereocenters. The van der Waals surface area contributed by atoms with E-state index >= 15 is 0 Å². The van der Waals surface area contributed by atoms with Gasteiger partial charge in [0.2, 0.25) is 5.88 Å². The highest BCUT2D eigenvalue weighted by atomic mass is 16.5. The molecule has 17 heavy (non-hydrogen) atoms. The summed E-state index contributed by atoms with van der Waals surface area (Å²) in [5.41, 5.74) is 0.934. The summed E-state index contributed by atoms with van der Waals surface area (Å²) in [6.45, 7) is 8.59. The molecule has 0 saturated heterocycles. The number of nitrogens with zero attached hydrogens (tertiary/aromatic N) is 2. The molecule has 1 N–H and O–H groups in total. The first kappa shape index (κ1) is 13.6. The fourth-order valence-electron chi connectivity index (χ4n) is 1.23. The van der Waals surface area contributed by atoms with Gasteiger partial charge in [0.1, 0.15) is 6.61 Å². The van der Waals surface area contributed by atoms with Crippen LogP contribution in [0.5, 0.6) is 5.88 Å². The minimum absolute atomic E-state index is 0.538. The molecule has 94 valence electrons. The predicted molar refractivity (Wildman–Crippen MR) is 68.9 cm³/mol. The van der Waals surface area contributed by atoms with Crippen LogP contribution in [0.2, 0.25) is 0 Å². The van der Waals surface area contributed by atoms with Crippen molar-refractivity contribution in [3.8, 4) is 5.88 Å². The summed E-state index contributed by atoms with van der Waals surface area (Å²) in [5.74, 6) is 1.21. The van der Waals surface area contributed by atoms with Crippen LogP contribution in [0.3, 0.4) is 0 Å². The Morgan fingerprint density at radius 2 is 2.18 bits per heavy atom. The second-order valence-corrected chi connectivity index (χ2v) is 4.25. The molecule has 1 aromatic rings. The average molecular weight is 235 g/mol. The van der Waals surface area contributed by atoms with Crippen LogP contribution >= 0.6 is 0 Å². The minimum atomic E-state index is 0.538. The average Bonchev–Trinajstić information content (AvgIpc) is 2.31. The second-order valence-electron chi connectivity index (χ2n) is 4.25. The third-order valence-corrected chi connectivity index (χ3v) is 2.10. The van der Waals surface area contributed by atoms with Gasteiger partial charge in [-0.25, -0.2) is 4.98 Å². The molecule has 4 nitrogen and oxygen atoms in total. The van der Waals surface area contributed by atoms with Crippen molar-refractivity contribution in [2.24, 2.45) is 5.92 Å². The molecule has 0 radical (unpaired) electrons. The van der Waals surface area contributed by atoms with E-state index in [4.69, 9.17) is 4.74 Å². The molecular formula is C13H21N3O. The van der Waals surface area contributed by atoms with Crippen LogP contribution in [0.25, 0.3) is 0 Å². The van der Waals surface area contributed by atoms with Gasteiger partial charge in [0.25, 0.3) is 0 Å². The summed E-state index contributed by atoms with van der Waals surface area (Å²) >= 11 is 0. The summed E-state index contributed by atoms with van der Waals surface area (Å²) in [6.07, 6.45) is 7.28. The number of allylic oxidation sites excluding steroid dienone is 1. The Morgan fingerprint density at radius 1 is 1.35 bits per heavy atom. The van der Waals surface area contributed by atoms with E-state index in [1.165, 1.54) is 0 Å². The van der Waals surface area contributed by atoms with Gasteiger partial charge in [0, 0.05) is 6.54 Å². The normalized spacial score (nSPS) is 11.3. The molecule has 0 aromatic carbocycles. The molecule has 0 aliphatic heterocycles. The maximum absolute atomic E-state index is 5.36. The summed E-state index contributed by atoms with van der Waals surface area (Å²) < 4.78 is 5.36. The third kappa shape index (κ3) is 6.02. The van der Waals surface area contributed by atoms with Crippen molar-refractivity contribution >= 4 is 0 Å². The van der Waals surface area contributed by atoms with E-state index in [-0.39, 0.29) is 0 Å². The lowest BCUT2D eigenvalue weighted by atomic mass is 10.2. The Balaban J connectivity index is 2.34. The van der Waals surface area contributed by atoms with Gasteiger partial charge >= 0.3 is 0 Å². The quantitative estimate of drug-likeness (QED) is 0.736. The molecule has 1 aromatic heterocycles. The van der Waals surface area contributed by atoms with E-state index in [1.807, 2.05) is 19.1 Å². The SMILES string of the molecule is C/C=C/COc1cnc(CNCC(C)C)cn1. The van der Waals surface area contributed by atoms with Crippen LogP contribution in [-0.2, 0) is 6.54 Å². The van der Waals surface area contributed by atoms with Crippen molar-refractivity contribution in [3.63, 3.8) is 0 Å². The van der Waals surface area contributed by atoms with E-state index in [0.29, 0.717) is 18.4 Å². The Kier molecular flexibility index (Phi) is 6.25. The van der Waals surface area contributed by atoms with Gasteiger partial charge in [-0.3, -0.25) is 4.98 Å². The standard InChI is InChI=1S/C13H21N3O/c1-4-5-6-17-13-10-15-12(9-16-13)8-14-7-11(2)3/h4-5,9-11,14H,6-8H2,1-3H3/b5-4+. The molecule has 0 unspecified atom stereocenters. The van der Waals surface area contributed by atoms with Crippen molar-refractivity contribution in [2.45, 2.75) is 27.3 Å². The van der Waals surface area contributed by atoms with Gasteiger partial charge in [0.05, 0.1) is 18.1 Å². The van der Waals surface area contributed by atoms with Gasteiger partial charge < -0.3 is 10.1 Å². The van der Waals surface area contributed by atoms with Gasteiger partial charge in [0.15, 0.2) is 0 Å². The van der Waals surface area contributed by atoms with Crippen molar-refractivity contribution in [1.29, 1.82) is 0 Å².